The van der Waals surface area contributed by atoms with Crippen molar-refractivity contribution >= 4 is 21.4 Å². The highest BCUT2D eigenvalue weighted by Gasteiger charge is 2.22. The average Bonchev–Trinajstić information content (AvgIpc) is 2.28. The van der Waals surface area contributed by atoms with Crippen LogP contribution in [-0.2, 0) is 14.8 Å². The van der Waals surface area contributed by atoms with Crippen LogP contribution in [0, 0.1) is 17.0 Å². The molecule has 1 rings (SSSR count). The molecule has 0 aliphatic carbocycles. The summed E-state index contributed by atoms with van der Waals surface area (Å²) in [5.74, 6) is 0. The zero-order valence-electron chi connectivity index (χ0n) is 10.5. The van der Waals surface area contributed by atoms with Crippen molar-refractivity contribution in [2.24, 2.45) is 0 Å². The second-order valence-electron chi connectivity index (χ2n) is 3.82. The molecule has 3 N–H and O–H groups in total. The number of nitrogens with two attached hydrogens (primary N) is 1. The highest BCUT2D eigenvalue weighted by molar-refractivity contribution is 7.89. The first kappa shape index (κ1) is 15.3. The van der Waals surface area contributed by atoms with Crippen LogP contribution in [0.5, 0.6) is 0 Å². The number of anilines is 1. The molecule has 0 atom stereocenters. The first-order valence-electron chi connectivity index (χ1n) is 5.32. The minimum absolute atomic E-state index is 0.0710. The van der Waals surface area contributed by atoms with Crippen molar-refractivity contribution in [1.29, 1.82) is 0 Å². The monoisotopic (exact) mass is 289 g/mol. The molecule has 0 aliphatic rings. The highest BCUT2D eigenvalue weighted by Crippen LogP contribution is 2.28. The molecule has 1 aromatic rings. The fourth-order valence-electron chi connectivity index (χ4n) is 1.50. The van der Waals surface area contributed by atoms with Gasteiger partial charge in [0.15, 0.2) is 0 Å². The Bertz CT molecular complexity index is 585. The van der Waals surface area contributed by atoms with Crippen molar-refractivity contribution in [3.8, 4) is 0 Å². The summed E-state index contributed by atoms with van der Waals surface area (Å²) >= 11 is 0. The van der Waals surface area contributed by atoms with Gasteiger partial charge >= 0.3 is 0 Å². The minimum Gasteiger partial charge on any atom is -0.393 e. The number of nitrogen functional groups attached to an aromatic ring is 1. The first-order valence-corrected chi connectivity index (χ1v) is 6.81. The van der Waals surface area contributed by atoms with Gasteiger partial charge in [-0.3, -0.25) is 10.1 Å². The van der Waals surface area contributed by atoms with E-state index in [-0.39, 0.29) is 23.7 Å². The molecule has 0 unspecified atom stereocenters. The Morgan fingerprint density at radius 3 is 2.63 bits per heavy atom. The molecule has 0 aromatic heterocycles. The quantitative estimate of drug-likeness (QED) is 0.338. The first-order chi connectivity index (χ1) is 8.79. The lowest BCUT2D eigenvalue weighted by atomic mass is 10.2. The van der Waals surface area contributed by atoms with Crippen LogP contribution in [0.2, 0.25) is 0 Å². The van der Waals surface area contributed by atoms with Crippen molar-refractivity contribution < 1.29 is 18.1 Å². The SMILES string of the molecule is COCCNS(=O)(=O)c1cc([N+](=O)[O-])c(N)cc1C. The summed E-state index contributed by atoms with van der Waals surface area (Å²) < 4.78 is 31.0. The van der Waals surface area contributed by atoms with E-state index in [1.54, 1.807) is 0 Å². The summed E-state index contributed by atoms with van der Waals surface area (Å²) in [6, 6.07) is 2.23. The Kier molecular flexibility index (Phi) is 4.81. The Morgan fingerprint density at radius 2 is 2.11 bits per heavy atom. The highest BCUT2D eigenvalue weighted by atomic mass is 32.2. The lowest BCUT2D eigenvalue weighted by molar-refractivity contribution is -0.384. The lowest BCUT2D eigenvalue weighted by Crippen LogP contribution is -2.27. The number of nitrogens with zero attached hydrogens (tertiary/aromatic N) is 1. The van der Waals surface area contributed by atoms with Crippen LogP contribution in [0.1, 0.15) is 5.56 Å². The number of sulfonamides is 1. The van der Waals surface area contributed by atoms with Crippen molar-refractivity contribution in [3.05, 3.63) is 27.8 Å². The molecule has 0 heterocycles. The fourth-order valence-corrected chi connectivity index (χ4v) is 2.76. The van der Waals surface area contributed by atoms with Crippen LogP contribution < -0.4 is 10.5 Å². The molecule has 19 heavy (non-hydrogen) atoms. The predicted octanol–water partition coefficient (Wildman–Crippen LogP) is 0.410. The molecule has 0 amide bonds. The van der Waals surface area contributed by atoms with E-state index < -0.39 is 20.6 Å². The number of ether oxygens (including phenoxy) is 1. The van der Waals surface area contributed by atoms with E-state index in [4.69, 9.17) is 10.5 Å². The molecule has 0 fully saturated rings. The van der Waals surface area contributed by atoms with Crippen LogP contribution in [0.3, 0.4) is 0 Å². The standard InChI is InChI=1S/C10H15N3O5S/c1-7-5-8(11)9(13(14)15)6-10(7)19(16,17)12-3-4-18-2/h5-6,12H,3-4,11H2,1-2H3. The smallest absolute Gasteiger partial charge is 0.293 e. The molecular formula is C10H15N3O5S. The predicted molar refractivity (Wildman–Crippen MR) is 69.3 cm³/mol. The number of aryl methyl sites for hydroxylation is 1. The molecule has 0 bridgehead atoms. The third-order valence-corrected chi connectivity index (χ3v) is 4.01. The van der Waals surface area contributed by atoms with E-state index in [9.17, 15) is 18.5 Å². The molecule has 0 aliphatic heterocycles. The third-order valence-electron chi connectivity index (χ3n) is 2.41. The number of nitro benzene ring substituents is 1. The van der Waals surface area contributed by atoms with Gasteiger partial charge in [-0.2, -0.15) is 0 Å². The summed E-state index contributed by atoms with van der Waals surface area (Å²) in [6.07, 6.45) is 0. The number of nitro groups is 1. The molecule has 0 spiro atoms. The molecule has 0 saturated carbocycles. The molecule has 0 radical (unpaired) electrons. The Labute approximate surface area is 110 Å². The van der Waals surface area contributed by atoms with Gasteiger partial charge in [0.25, 0.3) is 5.69 Å². The fraction of sp³-hybridized carbons (Fsp3) is 0.400. The summed E-state index contributed by atoms with van der Waals surface area (Å²) in [5.41, 5.74) is 5.32. The largest absolute Gasteiger partial charge is 0.393 e. The van der Waals surface area contributed by atoms with Crippen LogP contribution in [0.4, 0.5) is 11.4 Å². The summed E-state index contributed by atoms with van der Waals surface area (Å²) in [4.78, 5) is 9.88. The molecule has 0 saturated heterocycles. The van der Waals surface area contributed by atoms with E-state index in [1.165, 1.54) is 20.1 Å². The second-order valence-corrected chi connectivity index (χ2v) is 5.56. The maximum Gasteiger partial charge on any atom is 0.293 e. The summed E-state index contributed by atoms with van der Waals surface area (Å²) in [5, 5.41) is 10.8. The van der Waals surface area contributed by atoms with Crippen molar-refractivity contribution in [2.45, 2.75) is 11.8 Å². The van der Waals surface area contributed by atoms with Crippen LogP contribution in [0.25, 0.3) is 0 Å². The molecule has 9 heteroatoms. The minimum atomic E-state index is -3.83. The Morgan fingerprint density at radius 1 is 1.47 bits per heavy atom. The van der Waals surface area contributed by atoms with Gasteiger partial charge in [-0.05, 0) is 18.6 Å². The van der Waals surface area contributed by atoms with Gasteiger partial charge < -0.3 is 10.5 Å². The zero-order chi connectivity index (χ0) is 14.6. The summed E-state index contributed by atoms with van der Waals surface area (Å²) in [6.45, 7) is 1.80. The lowest BCUT2D eigenvalue weighted by Gasteiger charge is -2.09. The maximum atomic E-state index is 12.0. The van der Waals surface area contributed by atoms with E-state index in [0.717, 1.165) is 6.07 Å². The Balaban J connectivity index is 3.19. The normalized spacial score (nSPS) is 11.5. The van der Waals surface area contributed by atoms with Crippen LogP contribution in [-0.4, -0.2) is 33.6 Å². The van der Waals surface area contributed by atoms with Gasteiger partial charge in [-0.15, -0.1) is 0 Å². The van der Waals surface area contributed by atoms with Crippen molar-refractivity contribution in [1.82, 2.24) is 4.72 Å². The molecule has 8 nitrogen and oxygen atoms in total. The molecule has 1 aromatic carbocycles. The zero-order valence-corrected chi connectivity index (χ0v) is 11.4. The van der Waals surface area contributed by atoms with Gasteiger partial charge in [0.05, 0.1) is 16.4 Å². The van der Waals surface area contributed by atoms with Gasteiger partial charge in [0, 0.05) is 19.7 Å². The van der Waals surface area contributed by atoms with Crippen molar-refractivity contribution in [2.75, 3.05) is 26.0 Å². The van der Waals surface area contributed by atoms with Gasteiger partial charge in [-0.25, -0.2) is 13.1 Å². The third kappa shape index (κ3) is 3.63. The number of benzene rings is 1. The maximum absolute atomic E-state index is 12.0. The second kappa shape index (κ2) is 5.95. The summed E-state index contributed by atoms with van der Waals surface area (Å²) in [7, 11) is -2.39. The van der Waals surface area contributed by atoms with E-state index in [2.05, 4.69) is 4.72 Å². The number of rotatable bonds is 6. The van der Waals surface area contributed by atoms with Gasteiger partial charge in [0.1, 0.15) is 5.69 Å². The van der Waals surface area contributed by atoms with E-state index in [1.807, 2.05) is 0 Å². The van der Waals surface area contributed by atoms with Crippen molar-refractivity contribution in [3.63, 3.8) is 0 Å². The number of methoxy groups -OCH3 is 1. The number of hydrogen-bond donors (Lipinski definition) is 2. The number of nitrogens with one attached hydrogen (secondary N) is 1. The number of hydrogen-bond acceptors (Lipinski definition) is 6. The average molecular weight is 289 g/mol. The van der Waals surface area contributed by atoms with Crippen LogP contribution >= 0.6 is 0 Å². The molecule has 106 valence electrons. The van der Waals surface area contributed by atoms with Gasteiger partial charge in [-0.1, -0.05) is 0 Å². The van der Waals surface area contributed by atoms with E-state index in [0.29, 0.717) is 5.56 Å². The topological polar surface area (TPSA) is 125 Å². The molecular weight excluding hydrogens is 274 g/mol. The van der Waals surface area contributed by atoms with Crippen LogP contribution in [0.15, 0.2) is 17.0 Å². The van der Waals surface area contributed by atoms with Gasteiger partial charge in [0.2, 0.25) is 10.0 Å². The Hall–Kier alpha value is -1.71. The van der Waals surface area contributed by atoms with E-state index >= 15 is 0 Å².